The van der Waals surface area contributed by atoms with Crippen molar-refractivity contribution in [1.29, 1.82) is 0 Å². The van der Waals surface area contributed by atoms with E-state index < -0.39 is 0 Å². The number of aromatic nitrogens is 1. The van der Waals surface area contributed by atoms with Crippen molar-refractivity contribution in [3.8, 4) is 11.6 Å². The van der Waals surface area contributed by atoms with Crippen molar-refractivity contribution in [2.75, 3.05) is 0 Å². The van der Waals surface area contributed by atoms with Gasteiger partial charge < -0.3 is 9.84 Å². The minimum absolute atomic E-state index is 0.0284. The van der Waals surface area contributed by atoms with Crippen LogP contribution in [0, 0.1) is 0 Å². The minimum Gasteiger partial charge on any atom is -0.438 e. The lowest BCUT2D eigenvalue weighted by molar-refractivity contribution is 0.282. The Balaban J connectivity index is 2.09. The van der Waals surface area contributed by atoms with Crippen molar-refractivity contribution in [2.24, 2.45) is 0 Å². The zero-order chi connectivity index (χ0) is 14.7. The fourth-order valence-electron chi connectivity index (χ4n) is 2.43. The second kappa shape index (κ2) is 5.94. The summed E-state index contributed by atoms with van der Waals surface area (Å²) < 4.78 is 6.02. The van der Waals surface area contributed by atoms with Crippen LogP contribution in [0.25, 0.3) is 10.8 Å². The maximum atomic E-state index is 9.42. The zero-order valence-electron chi connectivity index (χ0n) is 11.9. The molecule has 0 bridgehead atoms. The number of rotatable bonds is 4. The van der Waals surface area contributed by atoms with E-state index in [1.807, 2.05) is 42.5 Å². The molecular formula is C18H17NO2. The molecule has 0 radical (unpaired) electrons. The first-order valence-corrected chi connectivity index (χ1v) is 7.06. The van der Waals surface area contributed by atoms with Crippen LogP contribution >= 0.6 is 0 Å². The van der Waals surface area contributed by atoms with Gasteiger partial charge in [-0.3, -0.25) is 0 Å². The second-order valence-electron chi connectivity index (χ2n) is 4.86. The summed E-state index contributed by atoms with van der Waals surface area (Å²) in [7, 11) is 0. The Kier molecular flexibility index (Phi) is 3.84. The Morgan fingerprint density at radius 1 is 0.952 bits per heavy atom. The lowest BCUT2D eigenvalue weighted by Gasteiger charge is -2.12. The molecule has 0 atom stereocenters. The SMILES string of the molecule is CCc1ccccc1Oc1ncc(CO)c2ccccc12. The molecule has 106 valence electrons. The molecule has 2 aromatic carbocycles. The van der Waals surface area contributed by atoms with Gasteiger partial charge in [-0.25, -0.2) is 4.98 Å². The quantitative estimate of drug-likeness (QED) is 0.782. The van der Waals surface area contributed by atoms with Crippen LogP contribution in [0.5, 0.6) is 11.6 Å². The number of aryl methyl sites for hydroxylation is 1. The molecule has 0 saturated heterocycles. The summed E-state index contributed by atoms with van der Waals surface area (Å²) in [4.78, 5) is 4.37. The summed E-state index contributed by atoms with van der Waals surface area (Å²) in [5, 5.41) is 11.3. The van der Waals surface area contributed by atoms with Crippen LogP contribution < -0.4 is 4.74 Å². The van der Waals surface area contributed by atoms with Gasteiger partial charge in [-0.15, -0.1) is 0 Å². The highest BCUT2D eigenvalue weighted by Gasteiger charge is 2.10. The predicted molar refractivity (Wildman–Crippen MR) is 83.6 cm³/mol. The van der Waals surface area contributed by atoms with Gasteiger partial charge in [-0.2, -0.15) is 0 Å². The van der Waals surface area contributed by atoms with E-state index in [4.69, 9.17) is 4.74 Å². The zero-order valence-corrected chi connectivity index (χ0v) is 11.9. The Morgan fingerprint density at radius 3 is 2.43 bits per heavy atom. The van der Waals surface area contributed by atoms with Crippen molar-refractivity contribution in [3.05, 3.63) is 65.9 Å². The molecule has 0 spiro atoms. The van der Waals surface area contributed by atoms with Crippen molar-refractivity contribution in [3.63, 3.8) is 0 Å². The van der Waals surface area contributed by atoms with Gasteiger partial charge in [0.05, 0.1) is 6.61 Å². The number of aliphatic hydroxyl groups excluding tert-OH is 1. The van der Waals surface area contributed by atoms with Crippen LogP contribution in [0.1, 0.15) is 18.1 Å². The highest BCUT2D eigenvalue weighted by molar-refractivity contribution is 5.89. The Bertz CT molecular complexity index is 768. The van der Waals surface area contributed by atoms with Crippen LogP contribution in [0.3, 0.4) is 0 Å². The molecule has 0 amide bonds. The summed E-state index contributed by atoms with van der Waals surface area (Å²) in [6.07, 6.45) is 2.58. The lowest BCUT2D eigenvalue weighted by Crippen LogP contribution is -1.96. The largest absolute Gasteiger partial charge is 0.438 e. The van der Waals surface area contributed by atoms with E-state index in [0.717, 1.165) is 34.1 Å². The molecule has 21 heavy (non-hydrogen) atoms. The molecule has 3 aromatic rings. The Hall–Kier alpha value is -2.39. The van der Waals surface area contributed by atoms with Gasteiger partial charge in [0.1, 0.15) is 5.75 Å². The first-order valence-electron chi connectivity index (χ1n) is 7.06. The highest BCUT2D eigenvalue weighted by Crippen LogP contribution is 2.31. The van der Waals surface area contributed by atoms with Gasteiger partial charge >= 0.3 is 0 Å². The van der Waals surface area contributed by atoms with Crippen LogP contribution in [-0.2, 0) is 13.0 Å². The highest BCUT2D eigenvalue weighted by atomic mass is 16.5. The van der Waals surface area contributed by atoms with Crippen molar-refractivity contribution >= 4 is 10.8 Å². The Morgan fingerprint density at radius 2 is 1.67 bits per heavy atom. The summed E-state index contributed by atoms with van der Waals surface area (Å²) in [5.74, 6) is 1.40. The van der Waals surface area contributed by atoms with E-state index in [9.17, 15) is 5.11 Å². The van der Waals surface area contributed by atoms with Crippen molar-refractivity contribution in [1.82, 2.24) is 4.98 Å². The molecule has 0 aliphatic rings. The van der Waals surface area contributed by atoms with E-state index in [1.54, 1.807) is 6.20 Å². The monoisotopic (exact) mass is 279 g/mol. The first kappa shape index (κ1) is 13.6. The fourth-order valence-corrected chi connectivity index (χ4v) is 2.43. The van der Waals surface area contributed by atoms with E-state index in [-0.39, 0.29) is 6.61 Å². The number of hydrogen-bond donors (Lipinski definition) is 1. The van der Waals surface area contributed by atoms with E-state index in [1.165, 1.54) is 0 Å². The average Bonchev–Trinajstić information content (AvgIpc) is 2.55. The van der Waals surface area contributed by atoms with E-state index in [0.29, 0.717) is 5.88 Å². The standard InChI is InChI=1S/C18H17NO2/c1-2-13-7-3-6-10-17(13)21-18-16-9-5-4-8-15(16)14(12-20)11-19-18/h3-11,20H,2,12H2,1H3. The molecule has 0 aliphatic carbocycles. The number of benzene rings is 2. The summed E-state index contributed by atoms with van der Waals surface area (Å²) in [6, 6.07) is 15.8. The third-order valence-corrected chi connectivity index (χ3v) is 3.57. The Labute approximate surface area is 123 Å². The molecule has 1 aromatic heterocycles. The smallest absolute Gasteiger partial charge is 0.227 e. The maximum absolute atomic E-state index is 9.42. The normalized spacial score (nSPS) is 10.8. The lowest BCUT2D eigenvalue weighted by atomic mass is 10.1. The molecule has 3 nitrogen and oxygen atoms in total. The van der Waals surface area contributed by atoms with Gasteiger partial charge in [-0.1, -0.05) is 43.3 Å². The summed E-state index contributed by atoms with van der Waals surface area (Å²) >= 11 is 0. The van der Waals surface area contributed by atoms with Gasteiger partial charge in [-0.05, 0) is 29.5 Å². The van der Waals surface area contributed by atoms with Gasteiger partial charge in [0.25, 0.3) is 0 Å². The average molecular weight is 279 g/mol. The number of fused-ring (bicyclic) bond motifs is 1. The minimum atomic E-state index is -0.0284. The number of aliphatic hydroxyl groups is 1. The van der Waals surface area contributed by atoms with Crippen molar-refractivity contribution < 1.29 is 9.84 Å². The number of pyridine rings is 1. The molecule has 1 N–H and O–H groups in total. The van der Waals surface area contributed by atoms with Gasteiger partial charge in [0, 0.05) is 17.1 Å². The molecule has 0 aliphatic heterocycles. The van der Waals surface area contributed by atoms with Crippen LogP contribution in [-0.4, -0.2) is 10.1 Å². The molecule has 1 heterocycles. The van der Waals surface area contributed by atoms with Crippen LogP contribution in [0.4, 0.5) is 0 Å². The first-order chi connectivity index (χ1) is 10.3. The third kappa shape index (κ3) is 2.60. The van der Waals surface area contributed by atoms with Crippen molar-refractivity contribution in [2.45, 2.75) is 20.0 Å². The molecule has 0 saturated carbocycles. The topological polar surface area (TPSA) is 42.4 Å². The number of hydrogen-bond acceptors (Lipinski definition) is 3. The van der Waals surface area contributed by atoms with E-state index >= 15 is 0 Å². The fraction of sp³-hybridized carbons (Fsp3) is 0.167. The summed E-state index contributed by atoms with van der Waals surface area (Å²) in [6.45, 7) is 2.07. The number of para-hydroxylation sites is 1. The molecule has 0 unspecified atom stereocenters. The number of nitrogens with zero attached hydrogens (tertiary/aromatic N) is 1. The molecule has 0 fully saturated rings. The molecular weight excluding hydrogens is 262 g/mol. The second-order valence-corrected chi connectivity index (χ2v) is 4.86. The predicted octanol–water partition coefficient (Wildman–Crippen LogP) is 4.08. The van der Waals surface area contributed by atoms with Gasteiger partial charge in [0.15, 0.2) is 0 Å². The van der Waals surface area contributed by atoms with Crippen LogP contribution in [0.15, 0.2) is 54.7 Å². The van der Waals surface area contributed by atoms with Gasteiger partial charge in [0.2, 0.25) is 5.88 Å². The third-order valence-electron chi connectivity index (χ3n) is 3.57. The maximum Gasteiger partial charge on any atom is 0.227 e. The molecule has 3 rings (SSSR count). The number of ether oxygens (including phenoxy) is 1. The van der Waals surface area contributed by atoms with E-state index in [2.05, 4.69) is 18.0 Å². The van der Waals surface area contributed by atoms with Crippen LogP contribution in [0.2, 0.25) is 0 Å². The molecule has 3 heteroatoms. The summed E-state index contributed by atoms with van der Waals surface area (Å²) in [5.41, 5.74) is 1.95.